The molecule has 2 aromatic heterocycles. The van der Waals surface area contributed by atoms with E-state index in [-0.39, 0.29) is 30.0 Å². The number of nitro groups is 1. The number of carbonyl (C=O) groups is 1. The van der Waals surface area contributed by atoms with Crippen LogP contribution in [0.15, 0.2) is 36.7 Å². The van der Waals surface area contributed by atoms with E-state index in [2.05, 4.69) is 10.3 Å². The van der Waals surface area contributed by atoms with Crippen LogP contribution in [-0.2, 0) is 7.05 Å². The van der Waals surface area contributed by atoms with Crippen LogP contribution in [0.3, 0.4) is 0 Å². The number of non-ortho nitro benzene ring substituents is 1. The fourth-order valence-corrected chi connectivity index (χ4v) is 4.27. The van der Waals surface area contributed by atoms with E-state index in [0.717, 1.165) is 22.5 Å². The molecule has 1 aliphatic heterocycles. The number of imidazole rings is 1. The van der Waals surface area contributed by atoms with Gasteiger partial charge in [0.05, 0.1) is 9.80 Å². The van der Waals surface area contributed by atoms with Gasteiger partial charge < -0.3 is 14.8 Å². The van der Waals surface area contributed by atoms with Gasteiger partial charge in [0.2, 0.25) is 0 Å². The molecule has 3 heterocycles. The summed E-state index contributed by atoms with van der Waals surface area (Å²) in [5.41, 5.74) is 0.0300. The van der Waals surface area contributed by atoms with Gasteiger partial charge in [0.15, 0.2) is 0 Å². The van der Waals surface area contributed by atoms with E-state index in [9.17, 15) is 14.9 Å². The average molecular weight is 408 g/mol. The first-order valence-corrected chi connectivity index (χ1v) is 9.03. The van der Waals surface area contributed by atoms with Gasteiger partial charge in [-0.1, -0.05) is 0 Å². The van der Waals surface area contributed by atoms with Crippen LogP contribution >= 0.6 is 23.7 Å². The maximum Gasteiger partial charge on any atom is 0.270 e. The average Bonchev–Trinajstić information content (AvgIpc) is 3.26. The van der Waals surface area contributed by atoms with Crippen LogP contribution in [0.2, 0.25) is 0 Å². The first-order chi connectivity index (χ1) is 12.5. The Morgan fingerprint density at radius 1 is 1.41 bits per heavy atom. The molecule has 1 amide bonds. The summed E-state index contributed by atoms with van der Waals surface area (Å²) in [5, 5.41) is 15.0. The lowest BCUT2D eigenvalue weighted by Gasteiger charge is -2.35. The van der Waals surface area contributed by atoms with E-state index < -0.39 is 4.92 Å². The molecule has 1 atom stereocenters. The molecule has 0 radical (unpaired) electrons. The van der Waals surface area contributed by atoms with Gasteiger partial charge in [0.25, 0.3) is 11.6 Å². The Bertz CT molecular complexity index is 1000. The quantitative estimate of drug-likeness (QED) is 0.532. The van der Waals surface area contributed by atoms with Gasteiger partial charge in [-0.15, -0.1) is 23.7 Å². The van der Waals surface area contributed by atoms with E-state index in [1.54, 1.807) is 18.3 Å². The highest BCUT2D eigenvalue weighted by molar-refractivity contribution is 7.20. The minimum absolute atomic E-state index is 0. The van der Waals surface area contributed by atoms with Gasteiger partial charge in [-0.05, 0) is 12.1 Å². The van der Waals surface area contributed by atoms with Gasteiger partial charge >= 0.3 is 0 Å². The second kappa shape index (κ2) is 7.63. The molecule has 1 saturated heterocycles. The number of nitrogens with one attached hydrogen (secondary N) is 1. The van der Waals surface area contributed by atoms with E-state index in [4.69, 9.17) is 0 Å². The predicted octanol–water partition coefficient (Wildman–Crippen LogP) is 2.75. The van der Waals surface area contributed by atoms with Crippen molar-refractivity contribution in [3.63, 3.8) is 0 Å². The van der Waals surface area contributed by atoms with Crippen LogP contribution in [0.4, 0.5) is 5.69 Å². The highest BCUT2D eigenvalue weighted by atomic mass is 35.5. The van der Waals surface area contributed by atoms with Crippen molar-refractivity contribution in [1.29, 1.82) is 0 Å². The maximum absolute atomic E-state index is 13.1. The molecule has 3 aromatic rings. The smallest absolute Gasteiger partial charge is 0.270 e. The van der Waals surface area contributed by atoms with Crippen molar-refractivity contribution in [3.8, 4) is 0 Å². The molecule has 0 saturated carbocycles. The molecule has 1 unspecified atom stereocenters. The summed E-state index contributed by atoms with van der Waals surface area (Å²) in [5.74, 6) is 0.769. The minimum Gasteiger partial charge on any atom is -0.336 e. The normalized spacial score (nSPS) is 16.9. The zero-order valence-corrected chi connectivity index (χ0v) is 16.1. The lowest BCUT2D eigenvalue weighted by Crippen LogP contribution is -2.49. The molecule has 4 rings (SSSR count). The van der Waals surface area contributed by atoms with E-state index in [1.807, 2.05) is 22.7 Å². The second-order valence-corrected chi connectivity index (χ2v) is 7.29. The standard InChI is InChI=1S/C17H17N5O3S.ClH/c1-20-6-5-19-16(20)13-10-18-4-7-21(13)17(23)15-9-11-8-12(22(24)25)2-3-14(11)26-15;/h2-3,5-6,8-9,13,18H,4,7,10H2,1H3;1H. The first kappa shape index (κ1) is 19.3. The molecule has 142 valence electrons. The van der Waals surface area contributed by atoms with E-state index in [0.29, 0.717) is 18.0 Å². The summed E-state index contributed by atoms with van der Waals surface area (Å²) >= 11 is 1.36. The summed E-state index contributed by atoms with van der Waals surface area (Å²) in [4.78, 5) is 30.5. The Balaban J connectivity index is 0.00000210. The van der Waals surface area contributed by atoms with Crippen molar-refractivity contribution in [2.75, 3.05) is 19.6 Å². The summed E-state index contributed by atoms with van der Waals surface area (Å²) in [6, 6.07) is 6.27. The zero-order valence-electron chi connectivity index (χ0n) is 14.5. The van der Waals surface area contributed by atoms with Gasteiger partial charge in [0.1, 0.15) is 11.9 Å². The SMILES string of the molecule is Cl.Cn1ccnc1C1CNCCN1C(=O)c1cc2cc([N+](=O)[O-])ccc2s1. The molecule has 1 N–H and O–H groups in total. The molecular formula is C17H18ClN5O3S. The van der Waals surface area contributed by atoms with Crippen LogP contribution < -0.4 is 5.32 Å². The first-order valence-electron chi connectivity index (χ1n) is 8.21. The Labute approximate surface area is 165 Å². The van der Waals surface area contributed by atoms with Gasteiger partial charge in [-0.25, -0.2) is 4.98 Å². The Morgan fingerprint density at radius 2 is 2.22 bits per heavy atom. The van der Waals surface area contributed by atoms with E-state index >= 15 is 0 Å². The zero-order chi connectivity index (χ0) is 18.3. The number of halogens is 1. The van der Waals surface area contributed by atoms with Gasteiger partial charge in [0, 0.05) is 61.3 Å². The number of benzene rings is 1. The van der Waals surface area contributed by atoms with Crippen molar-refractivity contribution >= 4 is 45.4 Å². The van der Waals surface area contributed by atoms with Crippen molar-refractivity contribution in [2.24, 2.45) is 7.05 Å². The van der Waals surface area contributed by atoms with Gasteiger partial charge in [-0.3, -0.25) is 14.9 Å². The van der Waals surface area contributed by atoms with Crippen LogP contribution in [0.5, 0.6) is 0 Å². The van der Waals surface area contributed by atoms with Crippen molar-refractivity contribution < 1.29 is 9.72 Å². The van der Waals surface area contributed by atoms with E-state index in [1.165, 1.54) is 23.5 Å². The lowest BCUT2D eigenvalue weighted by atomic mass is 10.1. The largest absolute Gasteiger partial charge is 0.336 e. The fraction of sp³-hybridized carbons (Fsp3) is 0.294. The number of thiophene rings is 1. The monoisotopic (exact) mass is 407 g/mol. The van der Waals surface area contributed by atoms with Crippen LogP contribution in [0.1, 0.15) is 21.5 Å². The Kier molecular flexibility index (Phi) is 5.45. The fourth-order valence-electron chi connectivity index (χ4n) is 3.27. The molecule has 10 heteroatoms. The van der Waals surface area contributed by atoms with Crippen molar-refractivity contribution in [2.45, 2.75) is 6.04 Å². The highest BCUT2D eigenvalue weighted by Crippen LogP contribution is 2.31. The molecule has 1 fully saturated rings. The summed E-state index contributed by atoms with van der Waals surface area (Å²) < 4.78 is 2.79. The third-order valence-corrected chi connectivity index (χ3v) is 5.69. The number of aromatic nitrogens is 2. The molecule has 1 aromatic carbocycles. The Morgan fingerprint density at radius 3 is 2.93 bits per heavy atom. The lowest BCUT2D eigenvalue weighted by molar-refractivity contribution is -0.384. The molecule has 8 nitrogen and oxygen atoms in total. The molecule has 0 bridgehead atoms. The molecule has 0 spiro atoms. The van der Waals surface area contributed by atoms with Crippen molar-refractivity contribution in [3.05, 3.63) is 57.5 Å². The number of amides is 1. The number of nitrogens with zero attached hydrogens (tertiary/aromatic N) is 4. The van der Waals surface area contributed by atoms with Crippen LogP contribution in [0.25, 0.3) is 10.1 Å². The number of aryl methyl sites for hydroxylation is 1. The number of piperazine rings is 1. The van der Waals surface area contributed by atoms with Gasteiger partial charge in [-0.2, -0.15) is 0 Å². The third kappa shape index (κ3) is 3.53. The minimum atomic E-state index is -0.425. The number of rotatable bonds is 3. The summed E-state index contributed by atoms with van der Waals surface area (Å²) in [6.45, 7) is 1.96. The number of carbonyl (C=O) groups excluding carboxylic acids is 1. The van der Waals surface area contributed by atoms with Crippen LogP contribution in [0, 0.1) is 10.1 Å². The predicted molar refractivity (Wildman–Crippen MR) is 106 cm³/mol. The molecule has 0 aliphatic carbocycles. The topological polar surface area (TPSA) is 93.3 Å². The summed E-state index contributed by atoms with van der Waals surface area (Å²) in [7, 11) is 1.91. The molecular weight excluding hydrogens is 390 g/mol. The highest BCUT2D eigenvalue weighted by Gasteiger charge is 2.31. The number of fused-ring (bicyclic) bond motifs is 1. The maximum atomic E-state index is 13.1. The molecule has 1 aliphatic rings. The van der Waals surface area contributed by atoms with Crippen LogP contribution in [-0.4, -0.2) is 44.9 Å². The molecule has 27 heavy (non-hydrogen) atoms. The number of hydrogen-bond acceptors (Lipinski definition) is 6. The number of hydrogen-bond donors (Lipinski definition) is 1. The second-order valence-electron chi connectivity index (χ2n) is 6.20. The number of nitro benzene ring substituents is 1. The van der Waals surface area contributed by atoms with Crippen molar-refractivity contribution in [1.82, 2.24) is 19.8 Å². The Hall–Kier alpha value is -2.49. The third-order valence-electron chi connectivity index (χ3n) is 4.58. The summed E-state index contributed by atoms with van der Waals surface area (Å²) in [6.07, 6.45) is 3.59.